The first-order valence-electron chi connectivity index (χ1n) is 6.50. The van der Waals surface area contributed by atoms with Crippen LogP contribution in [0.25, 0.3) is 11.5 Å². The lowest BCUT2D eigenvalue weighted by atomic mass is 10.3. The zero-order chi connectivity index (χ0) is 14.1. The minimum atomic E-state index is 0.472. The summed E-state index contributed by atoms with van der Waals surface area (Å²) in [6.07, 6.45) is 6.11. The number of hydrogen-bond donors (Lipinski definition) is 1. The van der Waals surface area contributed by atoms with E-state index in [9.17, 15) is 0 Å². The molecule has 0 radical (unpaired) electrons. The minimum absolute atomic E-state index is 0.472. The van der Waals surface area contributed by atoms with Crippen LogP contribution in [0, 0.1) is 3.57 Å². The number of methoxy groups -OCH3 is 1. The van der Waals surface area contributed by atoms with Gasteiger partial charge in [-0.3, -0.25) is 0 Å². The van der Waals surface area contributed by atoms with Gasteiger partial charge < -0.3 is 14.6 Å². The number of rotatable bonds is 5. The third kappa shape index (κ3) is 2.51. The van der Waals surface area contributed by atoms with Crippen LogP contribution in [0.1, 0.15) is 24.6 Å². The lowest BCUT2D eigenvalue weighted by Gasteiger charge is -2.12. The summed E-state index contributed by atoms with van der Waals surface area (Å²) in [6, 6.07) is 0.555. The summed E-state index contributed by atoms with van der Waals surface area (Å²) in [6.45, 7) is 0.472. The van der Waals surface area contributed by atoms with Gasteiger partial charge in [0.2, 0.25) is 0 Å². The highest BCUT2D eigenvalue weighted by Gasteiger charge is 2.27. The molecule has 1 aliphatic carbocycles. The SMILES string of the molecule is CNc1nc(-c2cncn2C2CC2)nc(COC)c1I. The van der Waals surface area contributed by atoms with E-state index in [0.717, 1.165) is 20.8 Å². The van der Waals surface area contributed by atoms with E-state index in [1.165, 1.54) is 12.8 Å². The quantitative estimate of drug-likeness (QED) is 0.802. The molecule has 1 aliphatic rings. The number of halogens is 1. The highest BCUT2D eigenvalue weighted by molar-refractivity contribution is 14.1. The maximum absolute atomic E-state index is 5.23. The Morgan fingerprint density at radius 3 is 2.90 bits per heavy atom. The van der Waals surface area contributed by atoms with Gasteiger partial charge in [0.1, 0.15) is 11.5 Å². The average Bonchev–Trinajstić information content (AvgIpc) is 3.19. The van der Waals surface area contributed by atoms with E-state index in [4.69, 9.17) is 4.74 Å². The van der Waals surface area contributed by atoms with Crippen molar-refractivity contribution in [2.75, 3.05) is 19.5 Å². The van der Waals surface area contributed by atoms with Gasteiger partial charge in [-0.1, -0.05) is 0 Å². The Balaban J connectivity index is 2.08. The molecule has 0 atom stereocenters. The van der Waals surface area contributed by atoms with E-state index in [1.807, 2.05) is 19.6 Å². The average molecular weight is 385 g/mol. The van der Waals surface area contributed by atoms with E-state index in [2.05, 4.69) is 47.4 Å². The van der Waals surface area contributed by atoms with Crippen molar-refractivity contribution in [3.8, 4) is 11.5 Å². The van der Waals surface area contributed by atoms with E-state index in [1.54, 1.807) is 7.11 Å². The predicted molar refractivity (Wildman–Crippen MR) is 84.5 cm³/mol. The Labute approximate surface area is 131 Å². The topological polar surface area (TPSA) is 64.9 Å². The van der Waals surface area contributed by atoms with Crippen molar-refractivity contribution < 1.29 is 4.74 Å². The monoisotopic (exact) mass is 385 g/mol. The molecule has 106 valence electrons. The van der Waals surface area contributed by atoms with Gasteiger partial charge in [-0.15, -0.1) is 0 Å². The van der Waals surface area contributed by atoms with Crippen LogP contribution in [0.4, 0.5) is 5.82 Å². The summed E-state index contributed by atoms with van der Waals surface area (Å²) < 4.78 is 8.38. The molecule has 0 amide bonds. The molecule has 0 aliphatic heterocycles. The van der Waals surface area contributed by atoms with Crippen LogP contribution >= 0.6 is 22.6 Å². The molecule has 1 N–H and O–H groups in total. The molecular weight excluding hydrogens is 369 g/mol. The van der Waals surface area contributed by atoms with Gasteiger partial charge in [0.25, 0.3) is 0 Å². The molecule has 0 unspecified atom stereocenters. The fourth-order valence-corrected chi connectivity index (χ4v) is 2.79. The normalized spacial score (nSPS) is 14.6. The Kier molecular flexibility index (Phi) is 3.88. The van der Waals surface area contributed by atoms with E-state index < -0.39 is 0 Å². The number of nitrogens with zero attached hydrogens (tertiary/aromatic N) is 4. The molecule has 1 fully saturated rings. The van der Waals surface area contributed by atoms with Crippen LogP contribution in [-0.4, -0.2) is 33.7 Å². The number of hydrogen-bond acceptors (Lipinski definition) is 5. The summed E-state index contributed by atoms with van der Waals surface area (Å²) in [4.78, 5) is 13.5. The second-order valence-corrected chi connectivity index (χ2v) is 5.84. The standard InChI is InChI=1S/C13H16IN5O/c1-15-13-11(14)9(6-20-2)17-12(18-13)10-5-16-7-19(10)8-3-4-8/h5,7-8H,3-4,6H2,1-2H3,(H,15,17,18). The molecule has 2 heterocycles. The molecule has 1 saturated carbocycles. The molecule has 6 nitrogen and oxygen atoms in total. The second kappa shape index (κ2) is 5.65. The zero-order valence-corrected chi connectivity index (χ0v) is 13.6. The van der Waals surface area contributed by atoms with Gasteiger partial charge in [-0.25, -0.2) is 15.0 Å². The van der Waals surface area contributed by atoms with Gasteiger partial charge in [-0.2, -0.15) is 0 Å². The molecule has 2 aromatic heterocycles. The lowest BCUT2D eigenvalue weighted by Crippen LogP contribution is -2.08. The molecule has 7 heteroatoms. The molecular formula is C13H16IN5O. The van der Waals surface area contributed by atoms with Crippen LogP contribution in [0.2, 0.25) is 0 Å². The second-order valence-electron chi connectivity index (χ2n) is 4.76. The smallest absolute Gasteiger partial charge is 0.180 e. The Bertz CT molecular complexity index is 623. The van der Waals surface area contributed by atoms with Crippen LogP contribution in [0.15, 0.2) is 12.5 Å². The summed E-state index contributed by atoms with van der Waals surface area (Å²) in [5, 5.41) is 3.12. The van der Waals surface area contributed by atoms with Crippen molar-refractivity contribution in [1.29, 1.82) is 0 Å². The molecule has 20 heavy (non-hydrogen) atoms. The van der Waals surface area contributed by atoms with Gasteiger partial charge in [0.15, 0.2) is 5.82 Å². The van der Waals surface area contributed by atoms with Crippen LogP contribution in [0.5, 0.6) is 0 Å². The largest absolute Gasteiger partial charge is 0.378 e. The predicted octanol–water partition coefficient (Wildman–Crippen LogP) is 2.47. The van der Waals surface area contributed by atoms with Gasteiger partial charge in [0.05, 0.1) is 28.4 Å². The fourth-order valence-electron chi connectivity index (χ4n) is 2.13. The first-order valence-corrected chi connectivity index (χ1v) is 7.57. The molecule has 3 rings (SSSR count). The van der Waals surface area contributed by atoms with Gasteiger partial charge >= 0.3 is 0 Å². The highest BCUT2D eigenvalue weighted by atomic mass is 127. The molecule has 0 spiro atoms. The Morgan fingerprint density at radius 2 is 2.25 bits per heavy atom. The summed E-state index contributed by atoms with van der Waals surface area (Å²) in [5.41, 5.74) is 1.86. The molecule has 0 saturated heterocycles. The number of imidazole rings is 1. The van der Waals surface area contributed by atoms with Crippen molar-refractivity contribution >= 4 is 28.4 Å². The number of anilines is 1. The number of ether oxygens (including phenoxy) is 1. The van der Waals surface area contributed by atoms with Crippen LogP contribution in [-0.2, 0) is 11.3 Å². The maximum Gasteiger partial charge on any atom is 0.180 e. The van der Waals surface area contributed by atoms with Gasteiger partial charge in [0, 0.05) is 20.2 Å². The maximum atomic E-state index is 5.23. The number of aromatic nitrogens is 4. The number of nitrogens with one attached hydrogen (secondary N) is 1. The van der Waals surface area contributed by atoms with Crippen molar-refractivity contribution in [2.24, 2.45) is 0 Å². The Hall–Kier alpha value is -1.22. The van der Waals surface area contributed by atoms with Crippen molar-refractivity contribution in [3.05, 3.63) is 21.8 Å². The molecule has 2 aromatic rings. The van der Waals surface area contributed by atoms with Crippen LogP contribution in [0.3, 0.4) is 0 Å². The van der Waals surface area contributed by atoms with Crippen molar-refractivity contribution in [2.45, 2.75) is 25.5 Å². The third-order valence-electron chi connectivity index (χ3n) is 3.27. The van der Waals surface area contributed by atoms with Gasteiger partial charge in [-0.05, 0) is 35.4 Å². The Morgan fingerprint density at radius 1 is 1.45 bits per heavy atom. The van der Waals surface area contributed by atoms with Crippen LogP contribution < -0.4 is 5.32 Å². The minimum Gasteiger partial charge on any atom is -0.378 e. The summed E-state index contributed by atoms with van der Waals surface area (Å²) >= 11 is 2.24. The van der Waals surface area contributed by atoms with E-state index >= 15 is 0 Å². The zero-order valence-electron chi connectivity index (χ0n) is 11.4. The fraction of sp³-hybridized carbons (Fsp3) is 0.462. The van der Waals surface area contributed by atoms with Crippen molar-refractivity contribution in [3.63, 3.8) is 0 Å². The van der Waals surface area contributed by atoms with E-state index in [0.29, 0.717) is 18.5 Å². The molecule has 0 aromatic carbocycles. The third-order valence-corrected chi connectivity index (χ3v) is 4.41. The molecule has 0 bridgehead atoms. The highest BCUT2D eigenvalue weighted by Crippen LogP contribution is 2.38. The van der Waals surface area contributed by atoms with Crippen molar-refractivity contribution in [1.82, 2.24) is 19.5 Å². The first-order chi connectivity index (χ1) is 9.74. The summed E-state index contributed by atoms with van der Waals surface area (Å²) in [5.74, 6) is 1.53. The summed E-state index contributed by atoms with van der Waals surface area (Å²) in [7, 11) is 3.54. The lowest BCUT2D eigenvalue weighted by molar-refractivity contribution is 0.181. The van der Waals surface area contributed by atoms with E-state index in [-0.39, 0.29) is 0 Å². The first kappa shape index (κ1) is 13.7.